The minimum absolute atomic E-state index is 0.0164. The zero-order chi connectivity index (χ0) is 25.8. The number of hydrogen-bond donors (Lipinski definition) is 0. The number of nitrogens with zero attached hydrogens (tertiary/aromatic N) is 1. The Morgan fingerprint density at radius 3 is 2.34 bits per heavy atom. The van der Waals surface area contributed by atoms with E-state index in [4.69, 9.17) is 36.5 Å². The Morgan fingerprint density at radius 2 is 1.74 bits per heavy atom. The van der Waals surface area contributed by atoms with Crippen molar-refractivity contribution in [3.63, 3.8) is 0 Å². The molecule has 0 spiro atoms. The maximum atomic E-state index is 13.1. The van der Waals surface area contributed by atoms with Crippen LogP contribution in [0.2, 0.25) is 10.0 Å². The monoisotopic (exact) mass is 539 g/mol. The zero-order valence-electron chi connectivity index (χ0n) is 19.9. The van der Waals surface area contributed by atoms with Gasteiger partial charge in [0.15, 0.2) is 11.5 Å². The second-order valence-electron chi connectivity index (χ2n) is 9.17. The zero-order valence-corrected chi connectivity index (χ0v) is 22.2. The number of rotatable bonds is 9. The van der Waals surface area contributed by atoms with Gasteiger partial charge in [0.05, 0.1) is 30.0 Å². The predicted molar refractivity (Wildman–Crippen MR) is 134 cm³/mol. The van der Waals surface area contributed by atoms with Crippen LogP contribution in [0.3, 0.4) is 0 Å². The molecule has 188 valence electrons. The second kappa shape index (κ2) is 10.9. The van der Waals surface area contributed by atoms with Gasteiger partial charge < -0.3 is 18.2 Å². The number of carbonyl (C=O) groups is 1. The van der Waals surface area contributed by atoms with E-state index in [1.807, 2.05) is 20.8 Å². The number of ether oxygens (including phenoxy) is 1. The van der Waals surface area contributed by atoms with E-state index in [9.17, 15) is 13.2 Å². The Bertz CT molecular complexity index is 1280. The number of halogens is 2. The fourth-order valence-electron chi connectivity index (χ4n) is 3.29. The fourth-order valence-corrected chi connectivity index (χ4v) is 4.61. The number of benzene rings is 2. The summed E-state index contributed by atoms with van der Waals surface area (Å²) in [6.45, 7) is 6.45. The maximum Gasteiger partial charge on any atom is 0.339 e. The lowest BCUT2D eigenvalue weighted by Crippen LogP contribution is -2.32. The average molecular weight is 540 g/mol. The first kappa shape index (κ1) is 26.9. The van der Waals surface area contributed by atoms with Crippen molar-refractivity contribution in [3.05, 3.63) is 76.2 Å². The molecule has 0 fully saturated rings. The summed E-state index contributed by atoms with van der Waals surface area (Å²) in [6.07, 6.45) is 1.88. The second-order valence-corrected chi connectivity index (χ2v) is 11.5. The molecule has 0 saturated heterocycles. The van der Waals surface area contributed by atoms with Gasteiger partial charge in [-0.25, -0.2) is 0 Å². The molecule has 0 aliphatic rings. The van der Waals surface area contributed by atoms with Gasteiger partial charge in [-0.1, -0.05) is 50.0 Å². The topological polar surface area (TPSA) is 86.0 Å². The van der Waals surface area contributed by atoms with Crippen LogP contribution in [0.4, 0.5) is 0 Å². The summed E-state index contributed by atoms with van der Waals surface area (Å²) in [5.41, 5.74) is 0.444. The van der Waals surface area contributed by atoms with Crippen LogP contribution in [0.25, 0.3) is 0 Å². The van der Waals surface area contributed by atoms with Gasteiger partial charge >= 0.3 is 10.1 Å². The van der Waals surface area contributed by atoms with Crippen LogP contribution < -0.4 is 8.92 Å². The number of furan rings is 1. The van der Waals surface area contributed by atoms with Crippen LogP contribution in [0.1, 0.15) is 38.5 Å². The Balaban J connectivity index is 1.90. The molecular formula is C25H27Cl2NO6S. The fraction of sp³-hybridized carbons (Fsp3) is 0.320. The van der Waals surface area contributed by atoms with Crippen molar-refractivity contribution in [2.45, 2.75) is 45.2 Å². The molecule has 0 radical (unpaired) electrons. The molecule has 35 heavy (non-hydrogen) atoms. The first-order valence-corrected chi connectivity index (χ1v) is 12.9. The van der Waals surface area contributed by atoms with Crippen molar-refractivity contribution < 1.29 is 26.5 Å². The summed E-state index contributed by atoms with van der Waals surface area (Å²) in [4.78, 5) is 14.6. The van der Waals surface area contributed by atoms with Gasteiger partial charge in [0, 0.05) is 13.0 Å². The van der Waals surface area contributed by atoms with Crippen molar-refractivity contribution in [2.75, 3.05) is 7.11 Å². The quantitative estimate of drug-likeness (QED) is 0.295. The highest BCUT2D eigenvalue weighted by molar-refractivity contribution is 7.87. The summed E-state index contributed by atoms with van der Waals surface area (Å²) in [5.74, 6) is 0.781. The van der Waals surface area contributed by atoms with Gasteiger partial charge in [0.2, 0.25) is 5.91 Å². The van der Waals surface area contributed by atoms with Crippen LogP contribution in [0.5, 0.6) is 11.5 Å². The smallest absolute Gasteiger partial charge is 0.339 e. The molecule has 0 atom stereocenters. The molecule has 1 amide bonds. The highest BCUT2D eigenvalue weighted by Crippen LogP contribution is 2.33. The van der Waals surface area contributed by atoms with E-state index in [1.165, 1.54) is 31.4 Å². The molecule has 0 N–H and O–H groups in total. The van der Waals surface area contributed by atoms with Crippen molar-refractivity contribution in [2.24, 2.45) is 5.41 Å². The molecular weight excluding hydrogens is 513 g/mol. The first-order valence-electron chi connectivity index (χ1n) is 10.7. The molecule has 2 aromatic carbocycles. The average Bonchev–Trinajstić information content (AvgIpc) is 3.27. The Kier molecular flexibility index (Phi) is 8.41. The molecule has 0 saturated carbocycles. The van der Waals surface area contributed by atoms with Gasteiger partial charge in [-0.15, -0.1) is 0 Å². The highest BCUT2D eigenvalue weighted by atomic mass is 35.5. The van der Waals surface area contributed by atoms with Crippen LogP contribution in [-0.2, 0) is 28.0 Å². The molecule has 3 aromatic rings. The summed E-state index contributed by atoms with van der Waals surface area (Å²) in [7, 11) is -2.82. The predicted octanol–water partition coefficient (Wildman–Crippen LogP) is 6.33. The summed E-state index contributed by atoms with van der Waals surface area (Å²) in [6, 6.07) is 12.3. The highest BCUT2D eigenvalue weighted by Gasteiger charge is 2.24. The van der Waals surface area contributed by atoms with Gasteiger partial charge in [0.25, 0.3) is 0 Å². The van der Waals surface area contributed by atoms with Crippen molar-refractivity contribution >= 4 is 39.2 Å². The molecule has 0 bridgehead atoms. The minimum Gasteiger partial charge on any atom is -0.493 e. The number of amides is 1. The third kappa shape index (κ3) is 7.40. The van der Waals surface area contributed by atoms with E-state index < -0.39 is 10.1 Å². The molecule has 0 unspecified atom stereocenters. The molecule has 10 heteroatoms. The van der Waals surface area contributed by atoms with E-state index >= 15 is 0 Å². The summed E-state index contributed by atoms with van der Waals surface area (Å²) in [5, 5.41) is 0.310. The number of hydrogen-bond acceptors (Lipinski definition) is 6. The first-order chi connectivity index (χ1) is 16.4. The molecule has 0 aliphatic carbocycles. The van der Waals surface area contributed by atoms with Gasteiger partial charge in [-0.05, 0) is 53.4 Å². The van der Waals surface area contributed by atoms with Gasteiger partial charge in [0.1, 0.15) is 10.7 Å². The third-order valence-corrected chi connectivity index (χ3v) is 6.91. The molecule has 1 heterocycles. The van der Waals surface area contributed by atoms with Crippen LogP contribution in [-0.4, -0.2) is 26.3 Å². The Labute approximate surface area is 215 Å². The van der Waals surface area contributed by atoms with E-state index in [1.54, 1.807) is 35.4 Å². The lowest BCUT2D eigenvalue weighted by atomic mass is 9.91. The number of methoxy groups -OCH3 is 1. The Hall–Kier alpha value is -2.68. The normalized spacial score (nSPS) is 11.8. The minimum atomic E-state index is -4.23. The van der Waals surface area contributed by atoms with E-state index in [0.717, 1.165) is 0 Å². The van der Waals surface area contributed by atoms with Crippen molar-refractivity contribution in [1.29, 1.82) is 0 Å². The maximum absolute atomic E-state index is 13.1. The lowest BCUT2D eigenvalue weighted by molar-refractivity contribution is -0.134. The largest absolute Gasteiger partial charge is 0.493 e. The van der Waals surface area contributed by atoms with Crippen LogP contribution in [0.15, 0.2) is 64.1 Å². The van der Waals surface area contributed by atoms with Crippen LogP contribution >= 0.6 is 23.2 Å². The summed E-state index contributed by atoms with van der Waals surface area (Å²) >= 11 is 11.9. The third-order valence-electron chi connectivity index (χ3n) is 4.94. The van der Waals surface area contributed by atoms with Gasteiger partial charge in [-0.2, -0.15) is 8.42 Å². The molecule has 0 aliphatic heterocycles. The van der Waals surface area contributed by atoms with E-state index in [2.05, 4.69) is 0 Å². The number of carbonyl (C=O) groups excluding carboxylic acids is 1. The standard InChI is InChI=1S/C25H27Cl2NO6S/c1-25(2,3)14-24(29)28(16-18-6-5-11-33-18)15-17-7-10-22(32-4)23(12-17)34-35(30,31)19-8-9-20(26)21(27)13-19/h5-13H,14-16H2,1-4H3. The summed E-state index contributed by atoms with van der Waals surface area (Å²) < 4.78 is 41.9. The van der Waals surface area contributed by atoms with Gasteiger partial charge in [-0.3, -0.25) is 4.79 Å². The molecule has 7 nitrogen and oxygen atoms in total. The molecule has 1 aromatic heterocycles. The Morgan fingerprint density at radius 1 is 1.00 bits per heavy atom. The van der Waals surface area contributed by atoms with E-state index in [-0.39, 0.29) is 50.9 Å². The molecule has 3 rings (SSSR count). The van der Waals surface area contributed by atoms with Crippen molar-refractivity contribution in [3.8, 4) is 11.5 Å². The lowest BCUT2D eigenvalue weighted by Gasteiger charge is -2.26. The van der Waals surface area contributed by atoms with E-state index in [0.29, 0.717) is 17.7 Å². The van der Waals surface area contributed by atoms with Crippen LogP contribution in [0, 0.1) is 5.41 Å². The van der Waals surface area contributed by atoms with Crippen molar-refractivity contribution in [1.82, 2.24) is 4.90 Å². The SMILES string of the molecule is COc1ccc(CN(Cc2ccco2)C(=O)CC(C)(C)C)cc1OS(=O)(=O)c1ccc(Cl)c(Cl)c1.